The predicted octanol–water partition coefficient (Wildman–Crippen LogP) is 3.04. The fraction of sp³-hybridized carbons (Fsp3) is 0.389. The van der Waals surface area contributed by atoms with Gasteiger partial charge in [0.15, 0.2) is 0 Å². The number of ether oxygens (including phenoxy) is 1. The summed E-state index contributed by atoms with van der Waals surface area (Å²) in [6.45, 7) is 1.69. The molecule has 126 valence electrons. The Labute approximate surface area is 140 Å². The van der Waals surface area contributed by atoms with Crippen molar-refractivity contribution in [2.24, 2.45) is 0 Å². The van der Waals surface area contributed by atoms with Gasteiger partial charge in [0.1, 0.15) is 6.10 Å². The van der Waals surface area contributed by atoms with E-state index in [4.69, 9.17) is 4.74 Å². The number of aryl methyl sites for hydroxylation is 1. The van der Waals surface area contributed by atoms with E-state index in [9.17, 15) is 9.59 Å². The maximum atomic E-state index is 12.4. The Morgan fingerprint density at radius 3 is 2.83 bits per heavy atom. The molecule has 2 heterocycles. The van der Waals surface area contributed by atoms with Crippen LogP contribution in [0, 0.1) is 6.92 Å². The minimum Gasteiger partial charge on any atom is -0.474 e. The zero-order chi connectivity index (χ0) is 16.9. The van der Waals surface area contributed by atoms with Gasteiger partial charge < -0.3 is 15.0 Å². The molecule has 0 aromatic carbocycles. The maximum Gasteiger partial charge on any atom is 0.255 e. The summed E-state index contributed by atoms with van der Waals surface area (Å²) in [6.07, 6.45) is 8.93. The largest absolute Gasteiger partial charge is 0.474 e. The van der Waals surface area contributed by atoms with Crippen molar-refractivity contribution in [3.63, 3.8) is 0 Å². The van der Waals surface area contributed by atoms with E-state index in [0.717, 1.165) is 12.8 Å². The van der Waals surface area contributed by atoms with Crippen molar-refractivity contribution in [1.82, 2.24) is 9.97 Å². The molecule has 0 unspecified atom stereocenters. The van der Waals surface area contributed by atoms with Crippen LogP contribution in [-0.4, -0.2) is 22.0 Å². The lowest BCUT2D eigenvalue weighted by Gasteiger charge is -2.22. The van der Waals surface area contributed by atoms with E-state index in [1.807, 2.05) is 0 Å². The Bertz CT molecular complexity index is 779. The van der Waals surface area contributed by atoms with E-state index in [1.165, 1.54) is 25.5 Å². The number of hydrogen-bond donors (Lipinski definition) is 2. The molecule has 1 aliphatic carbocycles. The molecular formula is C18H21N3O3. The van der Waals surface area contributed by atoms with E-state index in [-0.39, 0.29) is 17.6 Å². The molecule has 0 bridgehead atoms. The third-order valence-electron chi connectivity index (χ3n) is 4.18. The Kier molecular flexibility index (Phi) is 4.93. The van der Waals surface area contributed by atoms with Crippen LogP contribution < -0.4 is 15.6 Å². The van der Waals surface area contributed by atoms with E-state index in [2.05, 4.69) is 15.3 Å². The van der Waals surface area contributed by atoms with Gasteiger partial charge in [0, 0.05) is 29.6 Å². The number of aromatic amines is 1. The zero-order valence-corrected chi connectivity index (χ0v) is 13.7. The molecule has 1 fully saturated rings. The van der Waals surface area contributed by atoms with Gasteiger partial charge in [-0.15, -0.1) is 0 Å². The van der Waals surface area contributed by atoms with Gasteiger partial charge in [-0.1, -0.05) is 6.42 Å². The number of nitrogens with one attached hydrogen (secondary N) is 2. The fourth-order valence-electron chi connectivity index (χ4n) is 2.84. The number of H-pyrrole nitrogens is 1. The van der Waals surface area contributed by atoms with E-state index in [0.29, 0.717) is 22.7 Å². The summed E-state index contributed by atoms with van der Waals surface area (Å²) < 4.78 is 5.89. The second-order valence-corrected chi connectivity index (χ2v) is 6.12. The monoisotopic (exact) mass is 327 g/mol. The molecule has 0 spiro atoms. The summed E-state index contributed by atoms with van der Waals surface area (Å²) in [4.78, 5) is 30.5. The van der Waals surface area contributed by atoms with Crippen LogP contribution >= 0.6 is 0 Å². The van der Waals surface area contributed by atoms with Gasteiger partial charge in [-0.2, -0.15) is 0 Å². The van der Waals surface area contributed by atoms with Gasteiger partial charge in [-0.05, 0) is 44.7 Å². The van der Waals surface area contributed by atoms with E-state index in [1.54, 1.807) is 31.3 Å². The van der Waals surface area contributed by atoms with Crippen molar-refractivity contribution in [2.75, 3.05) is 5.32 Å². The highest BCUT2D eigenvalue weighted by molar-refractivity contribution is 6.04. The first-order valence-corrected chi connectivity index (χ1v) is 8.25. The first kappa shape index (κ1) is 16.2. The second kappa shape index (κ2) is 7.29. The van der Waals surface area contributed by atoms with Gasteiger partial charge in [0.25, 0.3) is 11.5 Å². The number of hydrogen-bond acceptors (Lipinski definition) is 4. The molecule has 0 saturated heterocycles. The molecule has 6 heteroatoms. The quantitative estimate of drug-likeness (QED) is 0.904. The van der Waals surface area contributed by atoms with Gasteiger partial charge in [0.2, 0.25) is 5.88 Å². The predicted molar refractivity (Wildman–Crippen MR) is 91.5 cm³/mol. The van der Waals surface area contributed by atoms with Gasteiger partial charge in [-0.25, -0.2) is 4.98 Å². The Morgan fingerprint density at radius 2 is 2.08 bits per heavy atom. The zero-order valence-electron chi connectivity index (χ0n) is 13.7. The molecular weight excluding hydrogens is 306 g/mol. The molecule has 2 N–H and O–H groups in total. The SMILES string of the molecule is Cc1cc(NC(=O)c2ccnc(OC3CCCCC3)c2)c[nH]c1=O. The smallest absolute Gasteiger partial charge is 0.255 e. The summed E-state index contributed by atoms with van der Waals surface area (Å²) >= 11 is 0. The lowest BCUT2D eigenvalue weighted by atomic mass is 9.98. The minimum atomic E-state index is -0.266. The number of nitrogens with zero attached hydrogens (tertiary/aromatic N) is 1. The Hall–Kier alpha value is -2.63. The van der Waals surface area contributed by atoms with Crippen molar-refractivity contribution >= 4 is 11.6 Å². The summed E-state index contributed by atoms with van der Waals surface area (Å²) in [7, 11) is 0. The second-order valence-electron chi connectivity index (χ2n) is 6.12. The normalized spacial score (nSPS) is 15.0. The third kappa shape index (κ3) is 4.01. The summed E-state index contributed by atoms with van der Waals surface area (Å²) in [5.74, 6) is 0.213. The Balaban J connectivity index is 1.69. The van der Waals surface area contributed by atoms with Crippen LogP contribution in [0.2, 0.25) is 0 Å². The number of carbonyl (C=O) groups is 1. The average Bonchev–Trinajstić information content (AvgIpc) is 2.59. The summed E-state index contributed by atoms with van der Waals surface area (Å²) in [5, 5.41) is 2.76. The molecule has 1 amide bonds. The molecule has 2 aromatic rings. The first-order valence-electron chi connectivity index (χ1n) is 8.25. The lowest BCUT2D eigenvalue weighted by molar-refractivity contribution is 0.102. The Morgan fingerprint density at radius 1 is 1.29 bits per heavy atom. The topological polar surface area (TPSA) is 84.1 Å². The van der Waals surface area contributed by atoms with Crippen LogP contribution in [0.15, 0.2) is 35.4 Å². The van der Waals surface area contributed by atoms with Crippen molar-refractivity contribution in [1.29, 1.82) is 0 Å². The number of carbonyl (C=O) groups excluding carboxylic acids is 1. The van der Waals surface area contributed by atoms with Gasteiger partial charge >= 0.3 is 0 Å². The highest BCUT2D eigenvalue weighted by Gasteiger charge is 2.16. The molecule has 0 aliphatic heterocycles. The number of amides is 1. The molecule has 2 aromatic heterocycles. The number of rotatable bonds is 4. The van der Waals surface area contributed by atoms with Crippen molar-refractivity contribution in [2.45, 2.75) is 45.1 Å². The summed E-state index contributed by atoms with van der Waals surface area (Å²) in [5.41, 5.74) is 1.40. The van der Waals surface area contributed by atoms with Crippen LogP contribution in [0.4, 0.5) is 5.69 Å². The molecule has 6 nitrogen and oxygen atoms in total. The average molecular weight is 327 g/mol. The first-order chi connectivity index (χ1) is 11.6. The fourth-order valence-corrected chi connectivity index (χ4v) is 2.84. The highest BCUT2D eigenvalue weighted by atomic mass is 16.5. The molecule has 1 saturated carbocycles. The number of aromatic nitrogens is 2. The van der Waals surface area contributed by atoms with Crippen LogP contribution in [0.3, 0.4) is 0 Å². The van der Waals surface area contributed by atoms with Crippen molar-refractivity contribution in [3.8, 4) is 5.88 Å². The maximum absolute atomic E-state index is 12.4. The van der Waals surface area contributed by atoms with Crippen LogP contribution in [0.5, 0.6) is 5.88 Å². The number of anilines is 1. The van der Waals surface area contributed by atoms with Crippen LogP contribution in [-0.2, 0) is 0 Å². The molecule has 24 heavy (non-hydrogen) atoms. The standard InChI is InChI=1S/C18H21N3O3/c1-12-9-14(11-20-17(12)22)21-18(23)13-7-8-19-16(10-13)24-15-5-3-2-4-6-15/h7-11,15H,2-6H2,1H3,(H,20,22)(H,21,23). The van der Waals surface area contributed by atoms with Gasteiger partial charge in [-0.3, -0.25) is 9.59 Å². The number of pyridine rings is 2. The molecule has 0 atom stereocenters. The lowest BCUT2D eigenvalue weighted by Crippen LogP contribution is -2.20. The van der Waals surface area contributed by atoms with Crippen LogP contribution in [0.1, 0.15) is 48.0 Å². The van der Waals surface area contributed by atoms with E-state index >= 15 is 0 Å². The summed E-state index contributed by atoms with van der Waals surface area (Å²) in [6, 6.07) is 4.93. The molecule has 3 rings (SSSR count). The van der Waals surface area contributed by atoms with Crippen molar-refractivity contribution in [3.05, 3.63) is 52.1 Å². The van der Waals surface area contributed by atoms with Gasteiger partial charge in [0.05, 0.1) is 5.69 Å². The van der Waals surface area contributed by atoms with Crippen LogP contribution in [0.25, 0.3) is 0 Å². The molecule has 1 aliphatic rings. The highest BCUT2D eigenvalue weighted by Crippen LogP contribution is 2.22. The minimum absolute atomic E-state index is 0.167. The third-order valence-corrected chi connectivity index (χ3v) is 4.18. The molecule has 0 radical (unpaired) electrons. The van der Waals surface area contributed by atoms with E-state index < -0.39 is 0 Å². The van der Waals surface area contributed by atoms with Crippen molar-refractivity contribution < 1.29 is 9.53 Å².